The van der Waals surface area contributed by atoms with Crippen LogP contribution in [0.5, 0.6) is 0 Å². The average molecular weight is 372 g/mol. The second kappa shape index (κ2) is 8.30. The van der Waals surface area contributed by atoms with Gasteiger partial charge in [-0.2, -0.15) is 0 Å². The Labute approximate surface area is 156 Å². The summed E-state index contributed by atoms with van der Waals surface area (Å²) in [4.78, 5) is 24.5. The third-order valence-corrected chi connectivity index (χ3v) is 4.28. The molecule has 1 unspecified atom stereocenters. The predicted molar refractivity (Wildman–Crippen MR) is 93.9 cm³/mol. The second-order valence-corrected chi connectivity index (χ2v) is 6.19. The Bertz CT molecular complexity index is 712. The lowest BCUT2D eigenvalue weighted by Gasteiger charge is -2.40. The SMILES string of the molecule is C[C@H]1OC(O)[C@H](OC(=O)c2ccccc2)[C@H](O)[C@@H]1OC(=O)c1ccccc1. The van der Waals surface area contributed by atoms with Gasteiger partial charge in [-0.05, 0) is 31.2 Å². The quantitative estimate of drug-likeness (QED) is 0.785. The van der Waals surface area contributed by atoms with E-state index >= 15 is 0 Å². The van der Waals surface area contributed by atoms with E-state index in [1.54, 1.807) is 67.6 Å². The fraction of sp³-hybridized carbons (Fsp3) is 0.300. The van der Waals surface area contributed by atoms with Crippen molar-refractivity contribution in [2.24, 2.45) is 0 Å². The van der Waals surface area contributed by atoms with E-state index < -0.39 is 42.6 Å². The van der Waals surface area contributed by atoms with Crippen molar-refractivity contribution >= 4 is 11.9 Å². The first kappa shape index (κ1) is 19.0. The number of aliphatic hydroxyl groups excluding tert-OH is 2. The predicted octanol–water partition coefficient (Wildman–Crippen LogP) is 1.54. The molecule has 0 saturated carbocycles. The molecule has 7 nitrogen and oxygen atoms in total. The number of rotatable bonds is 4. The first-order valence-electron chi connectivity index (χ1n) is 8.51. The molecule has 0 radical (unpaired) electrons. The topological polar surface area (TPSA) is 102 Å². The monoisotopic (exact) mass is 372 g/mol. The highest BCUT2D eigenvalue weighted by molar-refractivity contribution is 5.90. The summed E-state index contributed by atoms with van der Waals surface area (Å²) in [6.07, 6.45) is -6.31. The molecule has 2 aromatic rings. The summed E-state index contributed by atoms with van der Waals surface area (Å²) in [5.41, 5.74) is 0.564. The fourth-order valence-corrected chi connectivity index (χ4v) is 2.83. The largest absolute Gasteiger partial charge is 0.453 e. The smallest absolute Gasteiger partial charge is 0.338 e. The molecule has 1 fully saturated rings. The van der Waals surface area contributed by atoms with Gasteiger partial charge in [0, 0.05) is 0 Å². The van der Waals surface area contributed by atoms with Gasteiger partial charge in [0.25, 0.3) is 0 Å². The lowest BCUT2D eigenvalue weighted by molar-refractivity contribution is -0.276. The Morgan fingerprint density at radius 2 is 1.26 bits per heavy atom. The van der Waals surface area contributed by atoms with Gasteiger partial charge in [0.1, 0.15) is 6.10 Å². The van der Waals surface area contributed by atoms with Crippen LogP contribution in [0.2, 0.25) is 0 Å². The Morgan fingerprint density at radius 3 is 1.74 bits per heavy atom. The van der Waals surface area contributed by atoms with Crippen LogP contribution in [0.4, 0.5) is 0 Å². The third kappa shape index (κ3) is 4.33. The zero-order chi connectivity index (χ0) is 19.4. The molecular formula is C20H20O7. The van der Waals surface area contributed by atoms with Crippen molar-refractivity contribution in [3.05, 3.63) is 71.8 Å². The number of hydrogen-bond acceptors (Lipinski definition) is 7. The standard InChI is InChI=1S/C20H20O7/c1-12-16(26-18(22)13-8-4-2-5-9-13)15(21)17(20(24)25-12)27-19(23)14-10-6-3-7-11-14/h2-12,15-17,20-21,24H,1H3/t12-,15-,16-,17-,20?/m1/s1. The van der Waals surface area contributed by atoms with Gasteiger partial charge in [-0.25, -0.2) is 9.59 Å². The van der Waals surface area contributed by atoms with Gasteiger partial charge >= 0.3 is 11.9 Å². The molecule has 1 heterocycles. The maximum atomic E-state index is 12.3. The minimum Gasteiger partial charge on any atom is -0.453 e. The Hall–Kier alpha value is -2.74. The second-order valence-electron chi connectivity index (χ2n) is 6.19. The van der Waals surface area contributed by atoms with Crippen LogP contribution in [0.15, 0.2) is 60.7 Å². The third-order valence-electron chi connectivity index (χ3n) is 4.28. The molecule has 1 aliphatic rings. The molecule has 0 amide bonds. The van der Waals surface area contributed by atoms with Gasteiger partial charge < -0.3 is 24.4 Å². The highest BCUT2D eigenvalue weighted by Gasteiger charge is 2.47. The summed E-state index contributed by atoms with van der Waals surface area (Å²) >= 11 is 0. The van der Waals surface area contributed by atoms with Gasteiger partial charge in [-0.3, -0.25) is 0 Å². The van der Waals surface area contributed by atoms with Crippen molar-refractivity contribution < 1.29 is 34.0 Å². The number of aliphatic hydroxyl groups is 2. The molecule has 142 valence electrons. The van der Waals surface area contributed by atoms with Crippen LogP contribution in [0.25, 0.3) is 0 Å². The summed E-state index contributed by atoms with van der Waals surface area (Å²) in [5, 5.41) is 20.6. The lowest BCUT2D eigenvalue weighted by Crippen LogP contribution is -2.59. The van der Waals surface area contributed by atoms with Crippen LogP contribution >= 0.6 is 0 Å². The number of carbonyl (C=O) groups is 2. The van der Waals surface area contributed by atoms with Gasteiger partial charge in [-0.15, -0.1) is 0 Å². The van der Waals surface area contributed by atoms with E-state index in [1.165, 1.54) is 0 Å². The summed E-state index contributed by atoms with van der Waals surface area (Å²) < 4.78 is 15.9. The lowest BCUT2D eigenvalue weighted by atomic mass is 9.99. The molecule has 5 atom stereocenters. The van der Waals surface area contributed by atoms with Crippen LogP contribution in [-0.2, 0) is 14.2 Å². The van der Waals surface area contributed by atoms with Crippen molar-refractivity contribution in [2.75, 3.05) is 0 Å². The van der Waals surface area contributed by atoms with Crippen molar-refractivity contribution in [3.63, 3.8) is 0 Å². The molecule has 7 heteroatoms. The van der Waals surface area contributed by atoms with E-state index in [9.17, 15) is 19.8 Å². The molecule has 1 aliphatic heterocycles. The molecule has 0 aliphatic carbocycles. The Kier molecular flexibility index (Phi) is 5.85. The number of esters is 2. The molecule has 2 N–H and O–H groups in total. The number of benzene rings is 2. The summed E-state index contributed by atoms with van der Waals surface area (Å²) in [6, 6.07) is 16.4. The number of hydrogen-bond donors (Lipinski definition) is 2. The van der Waals surface area contributed by atoms with E-state index in [-0.39, 0.29) is 5.56 Å². The molecule has 1 saturated heterocycles. The van der Waals surface area contributed by atoms with Crippen molar-refractivity contribution in [3.8, 4) is 0 Å². The first-order valence-corrected chi connectivity index (χ1v) is 8.51. The summed E-state index contributed by atoms with van der Waals surface area (Å²) in [6.45, 7) is 1.55. The van der Waals surface area contributed by atoms with Gasteiger partial charge in [0.05, 0.1) is 17.2 Å². The molecule has 3 rings (SSSR count). The maximum absolute atomic E-state index is 12.3. The molecule has 27 heavy (non-hydrogen) atoms. The van der Waals surface area contributed by atoms with Crippen molar-refractivity contribution in [1.29, 1.82) is 0 Å². The Morgan fingerprint density at radius 1 is 0.815 bits per heavy atom. The molecule has 0 spiro atoms. The van der Waals surface area contributed by atoms with Crippen LogP contribution < -0.4 is 0 Å². The van der Waals surface area contributed by atoms with E-state index in [1.807, 2.05) is 0 Å². The normalized spacial score (nSPS) is 27.6. The minimum atomic E-state index is -1.55. The van der Waals surface area contributed by atoms with Crippen molar-refractivity contribution in [2.45, 2.75) is 37.6 Å². The van der Waals surface area contributed by atoms with E-state index in [0.717, 1.165) is 0 Å². The fourth-order valence-electron chi connectivity index (χ4n) is 2.83. The molecule has 0 aromatic heterocycles. The average Bonchev–Trinajstić information content (AvgIpc) is 2.69. The van der Waals surface area contributed by atoms with Crippen molar-refractivity contribution in [1.82, 2.24) is 0 Å². The highest BCUT2D eigenvalue weighted by Crippen LogP contribution is 2.26. The number of carbonyl (C=O) groups excluding carboxylic acids is 2. The zero-order valence-corrected chi connectivity index (χ0v) is 14.6. The molecular weight excluding hydrogens is 352 g/mol. The van der Waals surface area contributed by atoms with E-state index in [0.29, 0.717) is 5.56 Å². The highest BCUT2D eigenvalue weighted by atomic mass is 16.7. The van der Waals surface area contributed by atoms with Gasteiger partial charge in [-0.1, -0.05) is 36.4 Å². The summed E-state index contributed by atoms with van der Waals surface area (Å²) in [5.74, 6) is -1.38. The first-order chi connectivity index (χ1) is 13.0. The van der Waals surface area contributed by atoms with Crippen LogP contribution in [0.3, 0.4) is 0 Å². The number of ether oxygens (including phenoxy) is 3. The van der Waals surface area contributed by atoms with E-state index in [2.05, 4.69) is 0 Å². The molecule has 2 aromatic carbocycles. The van der Waals surface area contributed by atoms with Crippen LogP contribution in [-0.4, -0.2) is 52.9 Å². The summed E-state index contributed by atoms with van der Waals surface area (Å²) in [7, 11) is 0. The van der Waals surface area contributed by atoms with Crippen LogP contribution in [0, 0.1) is 0 Å². The zero-order valence-electron chi connectivity index (χ0n) is 14.6. The molecule has 0 bridgehead atoms. The Balaban J connectivity index is 1.72. The van der Waals surface area contributed by atoms with E-state index in [4.69, 9.17) is 14.2 Å². The maximum Gasteiger partial charge on any atom is 0.338 e. The minimum absolute atomic E-state index is 0.258. The van der Waals surface area contributed by atoms with Crippen LogP contribution in [0.1, 0.15) is 27.6 Å². The van der Waals surface area contributed by atoms with Gasteiger partial charge in [0.15, 0.2) is 18.5 Å². The van der Waals surface area contributed by atoms with Gasteiger partial charge in [0.2, 0.25) is 0 Å².